The SMILES string of the molecule is CC(C)C(C)Oc1cc(-c2nc(CN)co2)ccc1OC(F)F. The minimum Gasteiger partial charge on any atom is -0.487 e. The Labute approximate surface area is 133 Å². The summed E-state index contributed by atoms with van der Waals surface area (Å²) in [7, 11) is 0. The van der Waals surface area contributed by atoms with Crippen LogP contribution >= 0.6 is 0 Å². The molecule has 126 valence electrons. The highest BCUT2D eigenvalue weighted by Gasteiger charge is 2.18. The average Bonchev–Trinajstić information content (AvgIpc) is 2.97. The summed E-state index contributed by atoms with van der Waals surface area (Å²) in [5.41, 5.74) is 6.70. The molecule has 0 amide bonds. The molecule has 0 saturated heterocycles. The zero-order chi connectivity index (χ0) is 17.0. The number of alkyl halides is 2. The van der Waals surface area contributed by atoms with Gasteiger partial charge in [0.15, 0.2) is 11.5 Å². The van der Waals surface area contributed by atoms with E-state index in [-0.39, 0.29) is 30.1 Å². The first-order chi connectivity index (χ1) is 10.9. The maximum absolute atomic E-state index is 12.5. The number of hydrogen-bond donors (Lipinski definition) is 1. The predicted molar refractivity (Wildman–Crippen MR) is 81.4 cm³/mol. The Morgan fingerprint density at radius 3 is 2.48 bits per heavy atom. The quantitative estimate of drug-likeness (QED) is 0.837. The third-order valence-corrected chi connectivity index (χ3v) is 3.42. The van der Waals surface area contributed by atoms with Crippen LogP contribution in [0, 0.1) is 5.92 Å². The van der Waals surface area contributed by atoms with E-state index in [1.165, 1.54) is 12.3 Å². The highest BCUT2D eigenvalue weighted by Crippen LogP contribution is 2.34. The maximum atomic E-state index is 12.5. The summed E-state index contributed by atoms with van der Waals surface area (Å²) in [5, 5.41) is 0. The number of benzene rings is 1. The molecule has 2 aromatic rings. The largest absolute Gasteiger partial charge is 0.487 e. The van der Waals surface area contributed by atoms with Crippen molar-refractivity contribution >= 4 is 0 Å². The molecule has 0 aliphatic carbocycles. The number of rotatable bonds is 7. The second-order valence-corrected chi connectivity index (χ2v) is 5.46. The molecule has 0 bridgehead atoms. The van der Waals surface area contributed by atoms with Crippen LogP contribution in [0.25, 0.3) is 11.5 Å². The molecule has 1 heterocycles. The van der Waals surface area contributed by atoms with E-state index in [4.69, 9.17) is 14.9 Å². The van der Waals surface area contributed by atoms with Gasteiger partial charge in [0, 0.05) is 12.1 Å². The maximum Gasteiger partial charge on any atom is 0.387 e. The normalized spacial score (nSPS) is 12.7. The van der Waals surface area contributed by atoms with Crippen molar-refractivity contribution in [2.45, 2.75) is 40.0 Å². The molecule has 2 N–H and O–H groups in total. The first-order valence-electron chi connectivity index (χ1n) is 7.31. The van der Waals surface area contributed by atoms with E-state index in [0.717, 1.165) is 0 Å². The number of oxazole rings is 1. The van der Waals surface area contributed by atoms with Crippen LogP contribution < -0.4 is 15.2 Å². The fourth-order valence-corrected chi connectivity index (χ4v) is 1.80. The zero-order valence-electron chi connectivity index (χ0n) is 13.3. The van der Waals surface area contributed by atoms with Crippen LogP contribution in [0.3, 0.4) is 0 Å². The molecule has 0 fully saturated rings. The summed E-state index contributed by atoms with van der Waals surface area (Å²) >= 11 is 0. The number of hydrogen-bond acceptors (Lipinski definition) is 5. The molecule has 1 atom stereocenters. The Kier molecular flexibility index (Phi) is 5.54. The van der Waals surface area contributed by atoms with Crippen molar-refractivity contribution in [3.8, 4) is 23.0 Å². The third kappa shape index (κ3) is 4.41. The van der Waals surface area contributed by atoms with E-state index in [1.54, 1.807) is 12.1 Å². The van der Waals surface area contributed by atoms with Gasteiger partial charge in [-0.3, -0.25) is 0 Å². The standard InChI is InChI=1S/C16H20F2N2O3/c1-9(2)10(3)22-14-6-11(4-5-13(14)23-16(17)18)15-20-12(7-19)8-21-15/h4-6,8-10,16H,7,19H2,1-3H3. The fourth-order valence-electron chi connectivity index (χ4n) is 1.80. The third-order valence-electron chi connectivity index (χ3n) is 3.42. The van der Waals surface area contributed by atoms with Gasteiger partial charge in [0.1, 0.15) is 6.26 Å². The van der Waals surface area contributed by atoms with Crippen molar-refractivity contribution in [2.24, 2.45) is 11.7 Å². The van der Waals surface area contributed by atoms with Gasteiger partial charge < -0.3 is 19.6 Å². The molecule has 0 spiro atoms. The van der Waals surface area contributed by atoms with Gasteiger partial charge in [0.2, 0.25) is 5.89 Å². The second kappa shape index (κ2) is 7.41. The van der Waals surface area contributed by atoms with E-state index < -0.39 is 6.61 Å². The monoisotopic (exact) mass is 326 g/mol. The first-order valence-corrected chi connectivity index (χ1v) is 7.31. The summed E-state index contributed by atoms with van der Waals surface area (Å²) < 4.78 is 40.7. The first kappa shape index (κ1) is 17.2. The van der Waals surface area contributed by atoms with Crippen molar-refractivity contribution in [3.63, 3.8) is 0 Å². The lowest BCUT2D eigenvalue weighted by Crippen LogP contribution is -2.19. The fraction of sp³-hybridized carbons (Fsp3) is 0.438. The van der Waals surface area contributed by atoms with Gasteiger partial charge >= 0.3 is 6.61 Å². The van der Waals surface area contributed by atoms with E-state index in [0.29, 0.717) is 17.1 Å². The number of nitrogens with zero attached hydrogens (tertiary/aromatic N) is 1. The summed E-state index contributed by atoms with van der Waals surface area (Å²) in [4.78, 5) is 4.21. The minimum absolute atomic E-state index is 0.0261. The van der Waals surface area contributed by atoms with Crippen LogP contribution in [-0.4, -0.2) is 17.7 Å². The van der Waals surface area contributed by atoms with Gasteiger partial charge in [0.25, 0.3) is 0 Å². The number of ether oxygens (including phenoxy) is 2. The smallest absolute Gasteiger partial charge is 0.387 e. The van der Waals surface area contributed by atoms with Crippen LogP contribution in [0.5, 0.6) is 11.5 Å². The molecule has 5 nitrogen and oxygen atoms in total. The van der Waals surface area contributed by atoms with Gasteiger partial charge in [-0.05, 0) is 31.0 Å². The minimum atomic E-state index is -2.93. The lowest BCUT2D eigenvalue weighted by Gasteiger charge is -2.20. The van der Waals surface area contributed by atoms with E-state index in [1.807, 2.05) is 20.8 Å². The molecular formula is C16H20F2N2O3. The van der Waals surface area contributed by atoms with Crippen molar-refractivity contribution in [1.29, 1.82) is 0 Å². The Morgan fingerprint density at radius 1 is 1.17 bits per heavy atom. The lowest BCUT2D eigenvalue weighted by atomic mass is 10.1. The van der Waals surface area contributed by atoms with Crippen molar-refractivity contribution in [2.75, 3.05) is 0 Å². The van der Waals surface area contributed by atoms with E-state index >= 15 is 0 Å². The summed E-state index contributed by atoms with van der Waals surface area (Å²) in [6.07, 6.45) is 1.28. The Morgan fingerprint density at radius 2 is 1.91 bits per heavy atom. The number of aromatic nitrogens is 1. The summed E-state index contributed by atoms with van der Waals surface area (Å²) in [6.45, 7) is 3.14. The lowest BCUT2D eigenvalue weighted by molar-refractivity contribution is -0.0522. The van der Waals surface area contributed by atoms with Crippen LogP contribution in [0.1, 0.15) is 26.5 Å². The topological polar surface area (TPSA) is 70.5 Å². The molecule has 0 saturated carbocycles. The Hall–Kier alpha value is -2.15. The molecule has 1 aromatic carbocycles. The predicted octanol–water partition coefficient (Wildman–Crippen LogP) is 3.83. The van der Waals surface area contributed by atoms with Gasteiger partial charge in [-0.2, -0.15) is 8.78 Å². The van der Waals surface area contributed by atoms with Crippen molar-refractivity contribution < 1.29 is 22.7 Å². The molecule has 1 aromatic heterocycles. The number of halogens is 2. The summed E-state index contributed by atoms with van der Waals surface area (Å²) in [6, 6.07) is 4.57. The Bertz CT molecular complexity index is 644. The molecular weight excluding hydrogens is 306 g/mol. The van der Waals surface area contributed by atoms with E-state index in [2.05, 4.69) is 9.72 Å². The highest BCUT2D eigenvalue weighted by atomic mass is 19.3. The summed E-state index contributed by atoms with van der Waals surface area (Å²) in [5.74, 6) is 0.748. The van der Waals surface area contributed by atoms with Gasteiger partial charge in [-0.15, -0.1) is 0 Å². The van der Waals surface area contributed by atoms with Crippen LogP contribution in [-0.2, 0) is 6.54 Å². The molecule has 7 heteroatoms. The van der Waals surface area contributed by atoms with Crippen LogP contribution in [0.15, 0.2) is 28.9 Å². The highest BCUT2D eigenvalue weighted by molar-refractivity contribution is 5.60. The molecule has 0 aliphatic rings. The van der Waals surface area contributed by atoms with Gasteiger partial charge in [0.05, 0.1) is 11.8 Å². The molecule has 0 aliphatic heterocycles. The average molecular weight is 326 g/mol. The van der Waals surface area contributed by atoms with Crippen LogP contribution in [0.4, 0.5) is 8.78 Å². The number of nitrogens with two attached hydrogens (primary N) is 1. The van der Waals surface area contributed by atoms with E-state index in [9.17, 15) is 8.78 Å². The zero-order valence-corrected chi connectivity index (χ0v) is 13.3. The van der Waals surface area contributed by atoms with Gasteiger partial charge in [-0.1, -0.05) is 13.8 Å². The molecule has 2 rings (SSSR count). The second-order valence-electron chi connectivity index (χ2n) is 5.46. The molecule has 0 radical (unpaired) electrons. The Balaban J connectivity index is 2.35. The van der Waals surface area contributed by atoms with Crippen molar-refractivity contribution in [1.82, 2.24) is 4.98 Å². The van der Waals surface area contributed by atoms with Gasteiger partial charge in [-0.25, -0.2) is 4.98 Å². The van der Waals surface area contributed by atoms with Crippen LogP contribution in [0.2, 0.25) is 0 Å². The van der Waals surface area contributed by atoms with Crippen molar-refractivity contribution in [3.05, 3.63) is 30.2 Å². The molecule has 1 unspecified atom stereocenters. The molecule has 23 heavy (non-hydrogen) atoms.